The molecule has 1 unspecified atom stereocenters. The molecule has 0 heterocycles. The zero-order valence-electron chi connectivity index (χ0n) is 9.96. The van der Waals surface area contributed by atoms with Crippen molar-refractivity contribution in [1.29, 1.82) is 0 Å². The Labute approximate surface area is 99.7 Å². The summed E-state index contributed by atoms with van der Waals surface area (Å²) in [4.78, 5) is 10.6. The van der Waals surface area contributed by atoms with Crippen LogP contribution in [0.3, 0.4) is 0 Å². The molecular formula is C13H16FNO2. The number of halogens is 1. The smallest absolute Gasteiger partial charge is 0.335 e. The van der Waals surface area contributed by atoms with Gasteiger partial charge in [0.1, 0.15) is 5.82 Å². The van der Waals surface area contributed by atoms with E-state index >= 15 is 0 Å². The van der Waals surface area contributed by atoms with Crippen molar-refractivity contribution < 1.29 is 14.3 Å². The van der Waals surface area contributed by atoms with Crippen LogP contribution in [0.25, 0.3) is 0 Å². The Morgan fingerprint density at radius 3 is 2.71 bits per heavy atom. The van der Waals surface area contributed by atoms with E-state index in [4.69, 9.17) is 5.11 Å². The van der Waals surface area contributed by atoms with Crippen LogP contribution in [-0.4, -0.2) is 17.6 Å². The summed E-state index contributed by atoms with van der Waals surface area (Å²) >= 11 is 0. The van der Waals surface area contributed by atoms with Crippen molar-refractivity contribution in [2.75, 3.05) is 11.9 Å². The third-order valence-electron chi connectivity index (χ3n) is 3.47. The average Bonchev–Trinajstić information content (AvgIpc) is 2.84. The van der Waals surface area contributed by atoms with Gasteiger partial charge in [-0.15, -0.1) is 0 Å². The summed E-state index contributed by atoms with van der Waals surface area (Å²) in [6, 6.07) is 3.93. The van der Waals surface area contributed by atoms with Crippen molar-refractivity contribution in [2.24, 2.45) is 11.3 Å². The minimum Gasteiger partial charge on any atom is -0.478 e. The molecule has 0 spiro atoms. The van der Waals surface area contributed by atoms with Crippen molar-refractivity contribution in [3.05, 3.63) is 29.6 Å². The van der Waals surface area contributed by atoms with Gasteiger partial charge in [0.05, 0.1) is 11.3 Å². The lowest BCUT2D eigenvalue weighted by molar-refractivity contribution is 0.0696. The number of rotatable bonds is 4. The third-order valence-corrected chi connectivity index (χ3v) is 3.47. The Bertz CT molecular complexity index is 457. The Balaban J connectivity index is 2.00. The lowest BCUT2D eigenvalue weighted by atomic mass is 10.1. The van der Waals surface area contributed by atoms with Crippen molar-refractivity contribution in [3.8, 4) is 0 Å². The summed E-state index contributed by atoms with van der Waals surface area (Å²) in [6.07, 6.45) is 1.15. The van der Waals surface area contributed by atoms with Gasteiger partial charge in [-0.25, -0.2) is 9.18 Å². The van der Waals surface area contributed by atoms with Crippen molar-refractivity contribution in [1.82, 2.24) is 0 Å². The second kappa shape index (κ2) is 4.02. The van der Waals surface area contributed by atoms with Gasteiger partial charge in [-0.3, -0.25) is 0 Å². The Morgan fingerprint density at radius 1 is 1.59 bits per heavy atom. The van der Waals surface area contributed by atoms with Gasteiger partial charge < -0.3 is 10.4 Å². The highest BCUT2D eigenvalue weighted by Crippen LogP contribution is 2.51. The first-order valence-corrected chi connectivity index (χ1v) is 5.67. The summed E-state index contributed by atoms with van der Waals surface area (Å²) in [7, 11) is 0. The molecule has 1 atom stereocenters. The second-order valence-corrected chi connectivity index (χ2v) is 5.27. The fraction of sp³-hybridized carbons (Fsp3) is 0.462. The summed E-state index contributed by atoms with van der Waals surface area (Å²) < 4.78 is 13.5. The number of carbonyl (C=O) groups is 1. The molecule has 1 aromatic carbocycles. The van der Waals surface area contributed by atoms with Crippen LogP contribution in [0.1, 0.15) is 30.6 Å². The van der Waals surface area contributed by atoms with Gasteiger partial charge in [-0.1, -0.05) is 13.8 Å². The molecule has 0 saturated heterocycles. The van der Waals surface area contributed by atoms with E-state index in [1.807, 2.05) is 0 Å². The zero-order valence-corrected chi connectivity index (χ0v) is 9.96. The number of carboxylic acids is 1. The fourth-order valence-electron chi connectivity index (χ4n) is 1.95. The summed E-state index contributed by atoms with van der Waals surface area (Å²) in [6.45, 7) is 5.10. The number of hydrogen-bond donors (Lipinski definition) is 2. The van der Waals surface area contributed by atoms with E-state index in [2.05, 4.69) is 19.2 Å². The molecule has 2 rings (SSSR count). The van der Waals surface area contributed by atoms with Crippen LogP contribution in [0.15, 0.2) is 18.2 Å². The molecule has 1 saturated carbocycles. The summed E-state index contributed by atoms with van der Waals surface area (Å²) in [5, 5.41) is 11.7. The SMILES string of the molecule is CC1(C)CC1CNc1ccc(C(=O)O)cc1F. The average molecular weight is 237 g/mol. The predicted octanol–water partition coefficient (Wildman–Crippen LogP) is 2.98. The minimum absolute atomic E-state index is 0.0280. The second-order valence-electron chi connectivity index (χ2n) is 5.27. The van der Waals surface area contributed by atoms with Gasteiger partial charge in [0.15, 0.2) is 0 Å². The van der Waals surface area contributed by atoms with Crippen molar-refractivity contribution in [3.63, 3.8) is 0 Å². The molecule has 0 amide bonds. The van der Waals surface area contributed by atoms with Gasteiger partial charge in [-0.2, -0.15) is 0 Å². The van der Waals surface area contributed by atoms with Crippen molar-refractivity contribution >= 4 is 11.7 Å². The maximum Gasteiger partial charge on any atom is 0.335 e. The summed E-state index contributed by atoms with van der Waals surface area (Å²) in [5.74, 6) is -1.05. The molecular weight excluding hydrogens is 221 g/mol. The molecule has 92 valence electrons. The molecule has 2 N–H and O–H groups in total. The van der Waals surface area contributed by atoms with Gasteiger partial charge in [0, 0.05) is 6.54 Å². The van der Waals surface area contributed by atoms with E-state index in [9.17, 15) is 9.18 Å². The maximum atomic E-state index is 13.5. The van der Waals surface area contributed by atoms with E-state index in [1.165, 1.54) is 12.1 Å². The molecule has 17 heavy (non-hydrogen) atoms. The molecule has 0 aromatic heterocycles. The molecule has 1 fully saturated rings. The normalized spacial score (nSPS) is 21.0. The Morgan fingerprint density at radius 2 is 2.24 bits per heavy atom. The molecule has 3 nitrogen and oxygen atoms in total. The van der Waals surface area contributed by atoms with E-state index in [0.717, 1.165) is 19.0 Å². The zero-order chi connectivity index (χ0) is 12.6. The van der Waals surface area contributed by atoms with Gasteiger partial charge >= 0.3 is 5.97 Å². The van der Waals surface area contributed by atoms with Crippen LogP contribution in [0, 0.1) is 17.2 Å². The first-order chi connectivity index (χ1) is 7.90. The number of benzene rings is 1. The predicted molar refractivity (Wildman–Crippen MR) is 63.7 cm³/mol. The molecule has 0 aliphatic heterocycles. The first-order valence-electron chi connectivity index (χ1n) is 5.67. The van der Waals surface area contributed by atoms with E-state index in [-0.39, 0.29) is 5.56 Å². The van der Waals surface area contributed by atoms with E-state index in [1.54, 1.807) is 0 Å². The lowest BCUT2D eigenvalue weighted by Crippen LogP contribution is -2.09. The third kappa shape index (κ3) is 2.57. The van der Waals surface area contributed by atoms with E-state index in [0.29, 0.717) is 17.0 Å². The topological polar surface area (TPSA) is 49.3 Å². The van der Waals surface area contributed by atoms with Crippen LogP contribution in [-0.2, 0) is 0 Å². The van der Waals surface area contributed by atoms with Crippen LogP contribution in [0.2, 0.25) is 0 Å². The Kier molecular flexibility index (Phi) is 2.81. The monoisotopic (exact) mass is 237 g/mol. The lowest BCUT2D eigenvalue weighted by Gasteiger charge is -2.09. The van der Waals surface area contributed by atoms with Crippen LogP contribution >= 0.6 is 0 Å². The molecule has 4 heteroatoms. The fourth-order valence-corrected chi connectivity index (χ4v) is 1.95. The molecule has 0 bridgehead atoms. The van der Waals surface area contributed by atoms with Crippen LogP contribution in [0.4, 0.5) is 10.1 Å². The molecule has 1 aromatic rings. The number of nitrogens with one attached hydrogen (secondary N) is 1. The molecule has 1 aliphatic rings. The number of aromatic carboxylic acids is 1. The standard InChI is InChI=1S/C13H16FNO2/c1-13(2)6-9(13)7-15-11-4-3-8(12(16)17)5-10(11)14/h3-5,9,15H,6-7H2,1-2H3,(H,16,17). The minimum atomic E-state index is -1.11. The highest BCUT2D eigenvalue weighted by molar-refractivity contribution is 5.88. The number of carboxylic acid groups (broad SMARTS) is 1. The van der Waals surface area contributed by atoms with Crippen LogP contribution < -0.4 is 5.32 Å². The molecule has 1 aliphatic carbocycles. The van der Waals surface area contributed by atoms with Gasteiger partial charge in [0.25, 0.3) is 0 Å². The largest absolute Gasteiger partial charge is 0.478 e. The van der Waals surface area contributed by atoms with Gasteiger partial charge in [-0.05, 0) is 36.0 Å². The maximum absolute atomic E-state index is 13.5. The highest BCUT2D eigenvalue weighted by Gasteiger charge is 2.44. The first kappa shape index (κ1) is 11.9. The summed E-state index contributed by atoms with van der Waals surface area (Å²) in [5.41, 5.74) is 0.697. The van der Waals surface area contributed by atoms with Crippen molar-refractivity contribution in [2.45, 2.75) is 20.3 Å². The number of hydrogen-bond acceptors (Lipinski definition) is 2. The van der Waals surface area contributed by atoms with Crippen LogP contribution in [0.5, 0.6) is 0 Å². The molecule has 0 radical (unpaired) electrons. The quantitative estimate of drug-likeness (QED) is 0.846. The Hall–Kier alpha value is -1.58. The number of anilines is 1. The highest BCUT2D eigenvalue weighted by atomic mass is 19.1. The van der Waals surface area contributed by atoms with E-state index < -0.39 is 11.8 Å². The van der Waals surface area contributed by atoms with Gasteiger partial charge in [0.2, 0.25) is 0 Å².